The Morgan fingerprint density at radius 3 is 2.53 bits per heavy atom. The number of carbonyl (C=O) groups excluding carboxylic acids is 4. The molecule has 1 aromatic rings. The van der Waals surface area contributed by atoms with E-state index in [1.807, 2.05) is 4.98 Å². The molecule has 0 saturated carbocycles. The number of aliphatic hydroxyl groups excluding tert-OH is 4. The number of hydrogen-bond acceptors (Lipinski definition) is 13. The molecular weight excluding hydrogens is 514 g/mol. The van der Waals surface area contributed by atoms with E-state index in [0.717, 1.165) is 23.9 Å². The number of methoxy groups -OCH3 is 1. The highest BCUT2D eigenvalue weighted by atomic mass is 16.6. The van der Waals surface area contributed by atoms with Crippen LogP contribution in [-0.2, 0) is 28.7 Å². The number of H-pyrrole nitrogens is 1. The lowest BCUT2D eigenvalue weighted by atomic mass is 9.86. The molecule has 4 heterocycles. The average molecular weight is 541 g/mol. The molecule has 0 bridgehead atoms. The summed E-state index contributed by atoms with van der Waals surface area (Å²) in [5.74, 6) is -5.92. The number of fused-ring (bicyclic) bond motifs is 1. The van der Waals surface area contributed by atoms with Gasteiger partial charge in [-0.05, 0) is 0 Å². The Kier molecular flexibility index (Phi) is 7.77. The van der Waals surface area contributed by atoms with Gasteiger partial charge in [-0.1, -0.05) is 0 Å². The second kappa shape index (κ2) is 10.7. The van der Waals surface area contributed by atoms with Gasteiger partial charge in [0.25, 0.3) is 5.56 Å². The maximum absolute atomic E-state index is 13.0. The lowest BCUT2D eigenvalue weighted by Gasteiger charge is -2.25. The van der Waals surface area contributed by atoms with Crippen molar-refractivity contribution in [3.8, 4) is 0 Å². The Labute approximate surface area is 212 Å². The predicted molar refractivity (Wildman–Crippen MR) is 120 cm³/mol. The molecule has 3 amide bonds. The lowest BCUT2D eigenvalue weighted by Crippen LogP contribution is -2.51. The zero-order valence-electron chi connectivity index (χ0n) is 19.9. The van der Waals surface area contributed by atoms with E-state index in [9.17, 15) is 49.2 Å². The highest BCUT2D eigenvalue weighted by Gasteiger charge is 2.62. The van der Waals surface area contributed by atoms with Crippen molar-refractivity contribution in [2.24, 2.45) is 11.8 Å². The van der Waals surface area contributed by atoms with Crippen LogP contribution in [0.3, 0.4) is 0 Å². The summed E-state index contributed by atoms with van der Waals surface area (Å²) in [6.45, 7) is -1.84. The van der Waals surface area contributed by atoms with Crippen LogP contribution in [0.25, 0.3) is 0 Å². The Morgan fingerprint density at radius 1 is 1.18 bits per heavy atom. The van der Waals surface area contributed by atoms with Gasteiger partial charge < -0.3 is 35.2 Å². The zero-order valence-corrected chi connectivity index (χ0v) is 19.9. The predicted octanol–water partition coefficient (Wildman–Crippen LogP) is -6.26. The molecule has 0 aliphatic carbocycles. The second-order valence-electron chi connectivity index (χ2n) is 9.13. The van der Waals surface area contributed by atoms with Crippen molar-refractivity contribution in [1.82, 2.24) is 25.1 Å². The van der Waals surface area contributed by atoms with Crippen molar-refractivity contribution < 1.29 is 49.1 Å². The van der Waals surface area contributed by atoms with E-state index in [4.69, 9.17) is 9.47 Å². The number of hydrogen-bond donors (Lipinski definition) is 7. The molecule has 0 radical (unpaired) electrons. The molecule has 4 rings (SSSR count). The lowest BCUT2D eigenvalue weighted by molar-refractivity contribution is -0.153. The van der Waals surface area contributed by atoms with Crippen molar-refractivity contribution in [2.75, 3.05) is 26.8 Å². The molecule has 3 saturated heterocycles. The molecule has 7 N–H and O–H groups in total. The summed E-state index contributed by atoms with van der Waals surface area (Å²) in [7, 11) is 1.07. The minimum atomic E-state index is -1.58. The number of likely N-dealkylation sites (tertiary alicyclic amines) is 1. The van der Waals surface area contributed by atoms with Gasteiger partial charge in [-0.3, -0.25) is 43.7 Å². The number of carbonyl (C=O) groups is 4. The topological polar surface area (TPSA) is 250 Å². The number of aromatic nitrogens is 2. The standard InChI is InChI=1S/C21H27N5O12/c1-37-20(35)12-11-14(24-13(12)7(28)6-27)18(34)26(17(11)33)5-10(30)22-4-8-15(31)16(32)19(38-8)25-3-2-9(29)23-21(25)36/h2-3,7-8,11-16,19,24,27-28,31-32H,4-6H2,1H3,(H,22,30)(H,23,29,36)/t7?,8-,11-,12-,13-,14-,15-,16-,19-/m1/s1. The zero-order chi connectivity index (χ0) is 27.9. The average Bonchev–Trinajstić information content (AvgIpc) is 3.49. The monoisotopic (exact) mass is 541 g/mol. The maximum Gasteiger partial charge on any atom is 0.330 e. The fourth-order valence-electron chi connectivity index (χ4n) is 5.04. The van der Waals surface area contributed by atoms with Crippen LogP contribution in [0.2, 0.25) is 0 Å². The first kappa shape index (κ1) is 27.6. The molecule has 3 fully saturated rings. The summed E-state index contributed by atoms with van der Waals surface area (Å²) < 4.78 is 11.1. The first-order valence-electron chi connectivity index (χ1n) is 11.6. The van der Waals surface area contributed by atoms with Crippen molar-refractivity contribution in [3.05, 3.63) is 33.1 Å². The molecule has 9 atom stereocenters. The van der Waals surface area contributed by atoms with Crippen LogP contribution in [0.1, 0.15) is 6.23 Å². The Balaban J connectivity index is 1.39. The van der Waals surface area contributed by atoms with Crippen LogP contribution in [0.15, 0.2) is 21.9 Å². The van der Waals surface area contributed by atoms with Crippen LogP contribution in [0, 0.1) is 11.8 Å². The van der Waals surface area contributed by atoms with E-state index in [0.29, 0.717) is 4.90 Å². The third-order valence-corrected chi connectivity index (χ3v) is 6.93. The number of amides is 3. The van der Waals surface area contributed by atoms with Crippen molar-refractivity contribution >= 4 is 23.7 Å². The minimum absolute atomic E-state index is 0.372. The van der Waals surface area contributed by atoms with Gasteiger partial charge in [0.1, 0.15) is 30.9 Å². The van der Waals surface area contributed by atoms with Gasteiger partial charge >= 0.3 is 11.7 Å². The second-order valence-corrected chi connectivity index (χ2v) is 9.13. The van der Waals surface area contributed by atoms with Crippen LogP contribution >= 0.6 is 0 Å². The maximum atomic E-state index is 13.0. The quantitative estimate of drug-likeness (QED) is 0.120. The van der Waals surface area contributed by atoms with Gasteiger partial charge in [-0.2, -0.15) is 0 Å². The SMILES string of the molecule is COC(=O)[C@@H]1[C@H]2C(=O)N(CC(=O)NC[C@H]3O[C@@H](n4ccc(=O)[nH]c4=O)[C@H](O)[C@@H]3O)C(=O)[C@@H]2N[C@@H]1C(O)CO. The van der Waals surface area contributed by atoms with Crippen LogP contribution in [-0.4, -0.2) is 122 Å². The fourth-order valence-corrected chi connectivity index (χ4v) is 5.04. The number of aromatic amines is 1. The van der Waals surface area contributed by atoms with Gasteiger partial charge in [-0.25, -0.2) is 4.79 Å². The van der Waals surface area contributed by atoms with Gasteiger partial charge in [0.2, 0.25) is 17.7 Å². The molecule has 17 nitrogen and oxygen atoms in total. The van der Waals surface area contributed by atoms with E-state index in [1.165, 1.54) is 0 Å². The van der Waals surface area contributed by atoms with Gasteiger partial charge in [0.05, 0.1) is 31.7 Å². The van der Waals surface area contributed by atoms with Crippen molar-refractivity contribution in [3.63, 3.8) is 0 Å². The van der Waals surface area contributed by atoms with E-state index < -0.39 is 103 Å². The third kappa shape index (κ3) is 4.74. The molecule has 38 heavy (non-hydrogen) atoms. The number of nitrogens with zero attached hydrogens (tertiary/aromatic N) is 2. The third-order valence-electron chi connectivity index (χ3n) is 6.93. The number of rotatable bonds is 8. The molecule has 208 valence electrons. The molecule has 1 unspecified atom stereocenters. The summed E-state index contributed by atoms with van der Waals surface area (Å²) in [5.41, 5.74) is -1.56. The molecule has 1 aromatic heterocycles. The van der Waals surface area contributed by atoms with Crippen molar-refractivity contribution in [2.45, 2.75) is 42.7 Å². The first-order chi connectivity index (χ1) is 18.0. The van der Waals surface area contributed by atoms with Crippen LogP contribution in [0.5, 0.6) is 0 Å². The van der Waals surface area contributed by atoms with Gasteiger partial charge in [0, 0.05) is 24.8 Å². The van der Waals surface area contributed by atoms with E-state index in [-0.39, 0.29) is 6.54 Å². The van der Waals surface area contributed by atoms with Gasteiger partial charge in [-0.15, -0.1) is 0 Å². The van der Waals surface area contributed by atoms with Crippen molar-refractivity contribution in [1.29, 1.82) is 0 Å². The highest BCUT2D eigenvalue weighted by molar-refractivity contribution is 6.11. The van der Waals surface area contributed by atoms with Crippen LogP contribution in [0.4, 0.5) is 0 Å². The summed E-state index contributed by atoms with van der Waals surface area (Å²) in [6.07, 6.45) is -6.04. The molecule has 3 aliphatic heterocycles. The van der Waals surface area contributed by atoms with E-state index in [2.05, 4.69) is 10.6 Å². The summed E-state index contributed by atoms with van der Waals surface area (Å²) in [4.78, 5) is 76.6. The largest absolute Gasteiger partial charge is 0.469 e. The Hall–Kier alpha value is -3.48. The summed E-state index contributed by atoms with van der Waals surface area (Å²) in [6, 6.07) is -1.33. The van der Waals surface area contributed by atoms with Gasteiger partial charge in [0.15, 0.2) is 6.23 Å². The highest BCUT2D eigenvalue weighted by Crippen LogP contribution is 2.37. The number of esters is 1. The molecule has 0 spiro atoms. The first-order valence-corrected chi connectivity index (χ1v) is 11.6. The number of ether oxygens (including phenoxy) is 2. The molecular formula is C21H27N5O12. The Morgan fingerprint density at radius 2 is 1.89 bits per heavy atom. The molecule has 0 aromatic carbocycles. The summed E-state index contributed by atoms with van der Waals surface area (Å²) in [5, 5.41) is 45.0. The van der Waals surface area contributed by atoms with E-state index in [1.54, 1.807) is 0 Å². The van der Waals surface area contributed by atoms with E-state index >= 15 is 0 Å². The number of aliphatic hydroxyl groups is 4. The molecule has 3 aliphatic rings. The minimum Gasteiger partial charge on any atom is -0.469 e. The fraction of sp³-hybridized carbons (Fsp3) is 0.619. The Bertz CT molecular complexity index is 1230. The van der Waals surface area contributed by atoms with Crippen LogP contribution < -0.4 is 21.9 Å². The number of nitrogens with one attached hydrogen (secondary N) is 3. The number of imide groups is 1. The molecule has 17 heteroatoms. The normalized spacial score (nSPS) is 33.3. The summed E-state index contributed by atoms with van der Waals surface area (Å²) >= 11 is 0. The smallest absolute Gasteiger partial charge is 0.330 e.